The first-order chi connectivity index (χ1) is 8.59. The molecule has 2 rings (SSSR count). The van der Waals surface area contributed by atoms with E-state index >= 15 is 0 Å². The molecule has 3 nitrogen and oxygen atoms in total. The summed E-state index contributed by atoms with van der Waals surface area (Å²) in [5.41, 5.74) is 1.07. The molecule has 0 aliphatic heterocycles. The topological polar surface area (TPSA) is 37.4 Å². The van der Waals surface area contributed by atoms with Crippen LogP contribution in [0.2, 0.25) is 0 Å². The first kappa shape index (κ1) is 13.8. The third-order valence-electron chi connectivity index (χ3n) is 2.95. The summed E-state index contributed by atoms with van der Waals surface area (Å²) in [6.07, 6.45) is 3.54. The highest BCUT2D eigenvalue weighted by molar-refractivity contribution is 9.08. The zero-order valence-corrected chi connectivity index (χ0v) is 12.5. The van der Waals surface area contributed by atoms with E-state index in [9.17, 15) is 8.42 Å². The largest absolute Gasteiger partial charge is 0.243 e. The van der Waals surface area contributed by atoms with Gasteiger partial charge in [-0.1, -0.05) is 34.1 Å². The van der Waals surface area contributed by atoms with Gasteiger partial charge in [0.05, 0.1) is 4.90 Å². The van der Waals surface area contributed by atoms with Crippen LogP contribution in [0.3, 0.4) is 0 Å². The SMILES string of the molecule is C=CCN(C1CC1)S(=O)(=O)c1ccc(CBr)cc1. The summed E-state index contributed by atoms with van der Waals surface area (Å²) in [5, 5.41) is 0.728. The van der Waals surface area contributed by atoms with Gasteiger partial charge in [-0.3, -0.25) is 0 Å². The van der Waals surface area contributed by atoms with E-state index in [4.69, 9.17) is 0 Å². The number of nitrogens with zero attached hydrogens (tertiary/aromatic N) is 1. The van der Waals surface area contributed by atoms with Gasteiger partial charge in [-0.15, -0.1) is 6.58 Å². The molecular formula is C13H16BrNO2S. The fraction of sp³-hybridized carbons (Fsp3) is 0.385. The Morgan fingerprint density at radius 3 is 2.39 bits per heavy atom. The molecule has 0 spiro atoms. The van der Waals surface area contributed by atoms with Crippen LogP contribution in [-0.4, -0.2) is 25.3 Å². The lowest BCUT2D eigenvalue weighted by Crippen LogP contribution is -2.33. The Hall–Kier alpha value is -0.650. The fourth-order valence-electron chi connectivity index (χ4n) is 1.82. The summed E-state index contributed by atoms with van der Waals surface area (Å²) in [4.78, 5) is 0.362. The second-order valence-corrected chi connectivity index (χ2v) is 6.82. The van der Waals surface area contributed by atoms with E-state index in [-0.39, 0.29) is 6.04 Å². The van der Waals surface area contributed by atoms with E-state index in [1.165, 1.54) is 0 Å². The van der Waals surface area contributed by atoms with Gasteiger partial charge < -0.3 is 0 Å². The van der Waals surface area contributed by atoms with Gasteiger partial charge in [0.1, 0.15) is 0 Å². The van der Waals surface area contributed by atoms with Gasteiger partial charge in [-0.2, -0.15) is 4.31 Å². The molecule has 1 aromatic carbocycles. The second-order valence-electron chi connectivity index (χ2n) is 4.37. The predicted molar refractivity (Wildman–Crippen MR) is 76.2 cm³/mol. The number of rotatable bonds is 6. The molecular weight excluding hydrogens is 314 g/mol. The Morgan fingerprint density at radius 1 is 1.33 bits per heavy atom. The average Bonchev–Trinajstić information content (AvgIpc) is 3.20. The van der Waals surface area contributed by atoms with Crippen LogP contribution in [0.15, 0.2) is 41.8 Å². The van der Waals surface area contributed by atoms with Gasteiger partial charge in [0.15, 0.2) is 0 Å². The highest BCUT2D eigenvalue weighted by Gasteiger charge is 2.37. The lowest BCUT2D eigenvalue weighted by molar-refractivity contribution is 0.436. The summed E-state index contributed by atoms with van der Waals surface area (Å²) in [6, 6.07) is 7.17. The molecule has 0 bridgehead atoms. The molecule has 0 amide bonds. The first-order valence-corrected chi connectivity index (χ1v) is 8.43. The third-order valence-corrected chi connectivity index (χ3v) is 5.53. The molecule has 0 radical (unpaired) electrons. The van der Waals surface area contributed by atoms with Gasteiger partial charge in [-0.05, 0) is 30.5 Å². The van der Waals surface area contributed by atoms with Crippen molar-refractivity contribution in [2.75, 3.05) is 6.54 Å². The Bertz CT molecular complexity index is 520. The molecule has 1 aromatic rings. The maximum absolute atomic E-state index is 12.5. The molecule has 0 unspecified atom stereocenters. The van der Waals surface area contributed by atoms with Crippen molar-refractivity contribution in [3.63, 3.8) is 0 Å². The smallest absolute Gasteiger partial charge is 0.207 e. The van der Waals surface area contributed by atoms with Crippen LogP contribution in [0.4, 0.5) is 0 Å². The van der Waals surface area contributed by atoms with Crippen molar-refractivity contribution >= 4 is 26.0 Å². The van der Waals surface area contributed by atoms with Crippen LogP contribution >= 0.6 is 15.9 Å². The molecule has 0 saturated heterocycles. The Morgan fingerprint density at radius 2 is 1.94 bits per heavy atom. The van der Waals surface area contributed by atoms with Gasteiger partial charge >= 0.3 is 0 Å². The highest BCUT2D eigenvalue weighted by atomic mass is 79.9. The minimum absolute atomic E-state index is 0.156. The Kier molecular flexibility index (Phi) is 4.25. The van der Waals surface area contributed by atoms with Crippen molar-refractivity contribution < 1.29 is 8.42 Å². The van der Waals surface area contributed by atoms with Gasteiger partial charge in [0.25, 0.3) is 0 Å². The summed E-state index contributed by atoms with van der Waals surface area (Å²) in [5.74, 6) is 0. The quantitative estimate of drug-likeness (QED) is 0.594. The fourth-order valence-corrected chi connectivity index (χ4v) is 3.85. The highest BCUT2D eigenvalue weighted by Crippen LogP contribution is 2.31. The summed E-state index contributed by atoms with van der Waals surface area (Å²) >= 11 is 3.35. The van der Waals surface area contributed by atoms with Crippen molar-refractivity contribution in [3.05, 3.63) is 42.5 Å². The molecule has 1 fully saturated rings. The van der Waals surface area contributed by atoms with E-state index in [1.807, 2.05) is 12.1 Å². The van der Waals surface area contributed by atoms with Crippen LogP contribution in [0.1, 0.15) is 18.4 Å². The van der Waals surface area contributed by atoms with Crippen LogP contribution in [0.5, 0.6) is 0 Å². The molecule has 0 atom stereocenters. The van der Waals surface area contributed by atoms with Crippen LogP contribution in [-0.2, 0) is 15.4 Å². The van der Waals surface area contributed by atoms with Crippen molar-refractivity contribution in [2.45, 2.75) is 29.1 Å². The number of benzene rings is 1. The second kappa shape index (κ2) is 5.55. The summed E-state index contributed by atoms with van der Waals surface area (Å²) in [7, 11) is -3.38. The maximum atomic E-state index is 12.5. The third kappa shape index (κ3) is 2.84. The Balaban J connectivity index is 2.29. The van der Waals surface area contributed by atoms with E-state index in [2.05, 4.69) is 22.5 Å². The zero-order valence-electron chi connectivity index (χ0n) is 10.0. The van der Waals surface area contributed by atoms with Crippen LogP contribution < -0.4 is 0 Å². The molecule has 1 aliphatic rings. The van der Waals surface area contributed by atoms with E-state index < -0.39 is 10.0 Å². The standard InChI is InChI=1S/C13H16BrNO2S/c1-2-9-15(12-5-6-12)18(16,17)13-7-3-11(10-14)4-8-13/h2-4,7-8,12H,1,5-6,9-10H2. The monoisotopic (exact) mass is 329 g/mol. The minimum Gasteiger partial charge on any atom is -0.207 e. The molecule has 0 N–H and O–H groups in total. The van der Waals surface area contributed by atoms with Crippen LogP contribution in [0, 0.1) is 0 Å². The summed E-state index contributed by atoms with van der Waals surface area (Å²) < 4.78 is 26.5. The molecule has 5 heteroatoms. The lowest BCUT2D eigenvalue weighted by atomic mass is 10.2. The van der Waals surface area contributed by atoms with Crippen molar-refractivity contribution in [1.29, 1.82) is 0 Å². The molecule has 0 heterocycles. The number of sulfonamides is 1. The number of halogens is 1. The van der Waals surface area contributed by atoms with Crippen molar-refractivity contribution in [1.82, 2.24) is 4.31 Å². The predicted octanol–water partition coefficient (Wildman–Crippen LogP) is 2.92. The van der Waals surface area contributed by atoms with Gasteiger partial charge in [0, 0.05) is 17.9 Å². The van der Waals surface area contributed by atoms with Crippen LogP contribution in [0.25, 0.3) is 0 Å². The first-order valence-electron chi connectivity index (χ1n) is 5.87. The average molecular weight is 330 g/mol. The molecule has 0 aromatic heterocycles. The van der Waals surface area contributed by atoms with Crippen molar-refractivity contribution in [3.8, 4) is 0 Å². The zero-order chi connectivity index (χ0) is 13.2. The van der Waals surface area contributed by atoms with E-state index in [0.717, 1.165) is 23.7 Å². The normalized spacial score (nSPS) is 15.9. The van der Waals surface area contributed by atoms with E-state index in [0.29, 0.717) is 11.4 Å². The van der Waals surface area contributed by atoms with E-state index in [1.54, 1.807) is 22.5 Å². The van der Waals surface area contributed by atoms with Crippen molar-refractivity contribution in [2.24, 2.45) is 0 Å². The maximum Gasteiger partial charge on any atom is 0.243 e. The number of hydrogen-bond donors (Lipinski definition) is 0. The molecule has 1 aliphatic carbocycles. The van der Waals surface area contributed by atoms with Gasteiger partial charge in [-0.25, -0.2) is 8.42 Å². The van der Waals surface area contributed by atoms with Gasteiger partial charge in [0.2, 0.25) is 10.0 Å². The Labute approximate surface area is 117 Å². The lowest BCUT2D eigenvalue weighted by Gasteiger charge is -2.20. The number of hydrogen-bond acceptors (Lipinski definition) is 2. The molecule has 18 heavy (non-hydrogen) atoms. The summed E-state index contributed by atoms with van der Waals surface area (Å²) in [6.45, 7) is 4.02. The molecule has 98 valence electrons. The number of alkyl halides is 1. The molecule has 1 saturated carbocycles. The minimum atomic E-state index is -3.38.